The monoisotopic (exact) mass is 528 g/mol. The van der Waals surface area contributed by atoms with E-state index in [1.165, 1.54) is 55.6 Å². The molecule has 3 aromatic rings. The first kappa shape index (κ1) is 29.6. The van der Waals surface area contributed by atoms with Crippen LogP contribution in [0.25, 0.3) is 0 Å². The summed E-state index contributed by atoms with van der Waals surface area (Å²) >= 11 is 3.91. The summed E-state index contributed by atoms with van der Waals surface area (Å²) in [5.41, 5.74) is 12.5. The summed E-state index contributed by atoms with van der Waals surface area (Å²) in [4.78, 5) is 0.588. The van der Waals surface area contributed by atoms with Gasteiger partial charge in [0.25, 0.3) is 0 Å². The third-order valence-electron chi connectivity index (χ3n) is 5.26. The fraction of sp³-hybridized carbons (Fsp3) is 0.308. The molecule has 36 heavy (non-hydrogen) atoms. The van der Waals surface area contributed by atoms with Gasteiger partial charge >= 0.3 is 6.36 Å². The highest BCUT2D eigenvalue weighted by molar-refractivity contribution is 7.80. The lowest BCUT2D eigenvalue weighted by Crippen LogP contribution is -2.38. The lowest BCUT2D eigenvalue weighted by molar-refractivity contribution is -0.274. The Hall–Kier alpha value is -2.66. The molecule has 0 amide bonds. The summed E-state index contributed by atoms with van der Waals surface area (Å²) < 4.78 is 70.8. The van der Waals surface area contributed by atoms with Crippen LogP contribution in [-0.4, -0.2) is 32.2 Å². The van der Waals surface area contributed by atoms with E-state index < -0.39 is 6.36 Å². The smallest absolute Gasteiger partial charge is 0.406 e. The standard InChI is InChI=1S/C18H19F2NO.C7H5F3OS.CH5N/c19-14-5-1-12(2-6-14)18(13-3-7-15(20)8-4-13)17-11-16(21)9-10-22-17;8-7(9,10)11-5-1-3-6(12)4-2-5;1-2/h1-8,16-18H,9-11,21H2;1-4,12H;2H2,1H3. The molecule has 1 heterocycles. The lowest BCUT2D eigenvalue weighted by atomic mass is 9.82. The van der Waals surface area contributed by atoms with E-state index in [9.17, 15) is 22.0 Å². The van der Waals surface area contributed by atoms with Crippen LogP contribution in [0.1, 0.15) is 29.9 Å². The SMILES string of the molecule is CN.FC(F)(F)Oc1ccc(S)cc1.NC1CCOC(C(c2ccc(F)cc2)c2ccc(F)cc2)C1. The van der Waals surface area contributed by atoms with E-state index in [0.717, 1.165) is 24.0 Å². The van der Waals surface area contributed by atoms with Gasteiger partial charge in [-0.3, -0.25) is 0 Å². The second kappa shape index (κ2) is 14.2. The third-order valence-corrected chi connectivity index (χ3v) is 5.55. The van der Waals surface area contributed by atoms with Crippen LogP contribution in [-0.2, 0) is 4.74 Å². The van der Waals surface area contributed by atoms with E-state index in [0.29, 0.717) is 11.5 Å². The predicted molar refractivity (Wildman–Crippen MR) is 132 cm³/mol. The molecular formula is C26H29F5N2O2S. The molecule has 2 atom stereocenters. The summed E-state index contributed by atoms with van der Waals surface area (Å²) in [5.74, 6) is -0.862. The molecule has 0 spiro atoms. The molecule has 1 aliphatic rings. The number of benzene rings is 3. The number of nitrogens with two attached hydrogens (primary N) is 2. The number of halogens is 5. The second-order valence-electron chi connectivity index (χ2n) is 7.82. The molecule has 1 saturated heterocycles. The topological polar surface area (TPSA) is 70.5 Å². The van der Waals surface area contributed by atoms with E-state index >= 15 is 0 Å². The minimum atomic E-state index is -4.63. The molecule has 1 aliphatic heterocycles. The Balaban J connectivity index is 0.000000277. The highest BCUT2D eigenvalue weighted by Gasteiger charge is 2.31. The van der Waals surface area contributed by atoms with Gasteiger partial charge in [-0.1, -0.05) is 24.3 Å². The molecule has 0 aliphatic carbocycles. The van der Waals surface area contributed by atoms with Gasteiger partial charge in [-0.05, 0) is 79.5 Å². The molecule has 0 bridgehead atoms. The van der Waals surface area contributed by atoms with Crippen molar-refractivity contribution in [2.75, 3.05) is 13.7 Å². The Morgan fingerprint density at radius 3 is 1.75 bits per heavy atom. The number of hydrogen-bond donors (Lipinski definition) is 3. The van der Waals surface area contributed by atoms with Crippen LogP contribution in [0, 0.1) is 11.6 Å². The average molecular weight is 529 g/mol. The van der Waals surface area contributed by atoms with Gasteiger partial charge in [0.05, 0.1) is 6.10 Å². The Labute approximate surface area is 212 Å². The number of thiol groups is 1. The summed E-state index contributed by atoms with van der Waals surface area (Å²) in [6.07, 6.45) is -3.13. The van der Waals surface area contributed by atoms with Gasteiger partial charge in [0.1, 0.15) is 17.4 Å². The summed E-state index contributed by atoms with van der Waals surface area (Å²) in [6, 6.07) is 18.1. The number of hydrogen-bond acceptors (Lipinski definition) is 5. The quantitative estimate of drug-likeness (QED) is 0.285. The lowest BCUT2D eigenvalue weighted by Gasteiger charge is -2.34. The average Bonchev–Trinajstić information content (AvgIpc) is 2.84. The van der Waals surface area contributed by atoms with E-state index in [1.54, 1.807) is 24.3 Å². The molecule has 196 valence electrons. The maximum Gasteiger partial charge on any atom is 0.573 e. The normalized spacial score (nSPS) is 17.4. The van der Waals surface area contributed by atoms with Gasteiger partial charge in [-0.15, -0.1) is 25.8 Å². The van der Waals surface area contributed by atoms with Crippen molar-refractivity contribution in [2.24, 2.45) is 11.5 Å². The molecule has 10 heteroatoms. The van der Waals surface area contributed by atoms with Crippen LogP contribution in [0.5, 0.6) is 5.75 Å². The largest absolute Gasteiger partial charge is 0.573 e. The molecule has 1 fully saturated rings. The van der Waals surface area contributed by atoms with Crippen molar-refractivity contribution in [3.05, 3.63) is 95.6 Å². The molecule has 0 aromatic heterocycles. The molecular weight excluding hydrogens is 499 g/mol. The maximum atomic E-state index is 13.2. The summed E-state index contributed by atoms with van der Waals surface area (Å²) in [6.45, 7) is 0.616. The van der Waals surface area contributed by atoms with Crippen LogP contribution in [0.3, 0.4) is 0 Å². The number of alkyl halides is 3. The summed E-state index contributed by atoms with van der Waals surface area (Å²) in [7, 11) is 1.50. The number of rotatable bonds is 4. The zero-order valence-electron chi connectivity index (χ0n) is 19.6. The van der Waals surface area contributed by atoms with Gasteiger partial charge in [0.15, 0.2) is 0 Å². The summed E-state index contributed by atoms with van der Waals surface area (Å²) in [5, 5.41) is 0. The number of ether oxygens (including phenoxy) is 2. The van der Waals surface area contributed by atoms with Gasteiger partial charge in [0, 0.05) is 23.5 Å². The van der Waals surface area contributed by atoms with Crippen molar-refractivity contribution in [2.45, 2.75) is 42.2 Å². The Morgan fingerprint density at radius 2 is 1.33 bits per heavy atom. The fourth-order valence-electron chi connectivity index (χ4n) is 3.70. The Morgan fingerprint density at radius 1 is 0.861 bits per heavy atom. The molecule has 3 aromatic carbocycles. The fourth-order valence-corrected chi connectivity index (χ4v) is 3.85. The van der Waals surface area contributed by atoms with Crippen LogP contribution in [0.2, 0.25) is 0 Å². The van der Waals surface area contributed by atoms with Crippen molar-refractivity contribution in [1.82, 2.24) is 0 Å². The zero-order valence-corrected chi connectivity index (χ0v) is 20.5. The van der Waals surface area contributed by atoms with Gasteiger partial charge in [0.2, 0.25) is 0 Å². The van der Waals surface area contributed by atoms with Crippen LogP contribution < -0.4 is 16.2 Å². The second-order valence-corrected chi connectivity index (χ2v) is 8.33. The van der Waals surface area contributed by atoms with Crippen molar-refractivity contribution >= 4 is 12.6 Å². The highest BCUT2D eigenvalue weighted by Crippen LogP contribution is 2.34. The van der Waals surface area contributed by atoms with Gasteiger partial charge in [-0.2, -0.15) is 0 Å². The van der Waals surface area contributed by atoms with Crippen molar-refractivity contribution < 1.29 is 31.4 Å². The Kier molecular flexibility index (Phi) is 11.6. The maximum absolute atomic E-state index is 13.2. The molecule has 4 nitrogen and oxygen atoms in total. The first-order valence-electron chi connectivity index (χ1n) is 11.1. The molecule has 4 rings (SSSR count). The first-order chi connectivity index (χ1) is 17.1. The minimum Gasteiger partial charge on any atom is -0.406 e. The van der Waals surface area contributed by atoms with Crippen molar-refractivity contribution in [3.8, 4) is 5.75 Å². The van der Waals surface area contributed by atoms with E-state index in [4.69, 9.17) is 10.5 Å². The van der Waals surface area contributed by atoms with Crippen molar-refractivity contribution in [3.63, 3.8) is 0 Å². The molecule has 4 N–H and O–H groups in total. The minimum absolute atomic E-state index is 0.0763. The van der Waals surface area contributed by atoms with Crippen LogP contribution >= 0.6 is 12.6 Å². The third kappa shape index (κ3) is 9.77. The highest BCUT2D eigenvalue weighted by atomic mass is 32.1. The van der Waals surface area contributed by atoms with Gasteiger partial charge < -0.3 is 20.9 Å². The van der Waals surface area contributed by atoms with Gasteiger partial charge in [-0.25, -0.2) is 8.78 Å². The van der Waals surface area contributed by atoms with E-state index in [1.807, 2.05) is 0 Å². The molecule has 2 unspecified atom stereocenters. The van der Waals surface area contributed by atoms with E-state index in [-0.39, 0.29) is 35.4 Å². The zero-order chi connectivity index (χ0) is 26.7. The van der Waals surface area contributed by atoms with Crippen LogP contribution in [0.15, 0.2) is 77.7 Å². The predicted octanol–water partition coefficient (Wildman–Crippen LogP) is 6.05. The van der Waals surface area contributed by atoms with Crippen LogP contribution in [0.4, 0.5) is 22.0 Å². The molecule has 0 radical (unpaired) electrons. The Bertz CT molecular complexity index is 987. The molecule has 0 saturated carbocycles. The van der Waals surface area contributed by atoms with Crippen molar-refractivity contribution in [1.29, 1.82) is 0 Å². The van der Waals surface area contributed by atoms with E-state index in [2.05, 4.69) is 23.1 Å². The first-order valence-corrected chi connectivity index (χ1v) is 11.6.